The van der Waals surface area contributed by atoms with E-state index in [0.717, 1.165) is 10.0 Å². The predicted octanol–water partition coefficient (Wildman–Crippen LogP) is 2.55. The number of Topliss-reactive ketones (excluding diaryl/α,β-unsaturated/α-hetero) is 1. The normalized spacial score (nSPS) is 11.5. The van der Waals surface area contributed by atoms with Crippen molar-refractivity contribution in [1.29, 1.82) is 0 Å². The number of carbonyl (C=O) groups is 1. The van der Waals surface area contributed by atoms with E-state index in [1.54, 1.807) is 0 Å². The summed E-state index contributed by atoms with van der Waals surface area (Å²) in [5.41, 5.74) is 6.17. The van der Waals surface area contributed by atoms with Gasteiger partial charge in [0, 0.05) is 22.9 Å². The van der Waals surface area contributed by atoms with Gasteiger partial charge in [0.25, 0.3) is 0 Å². The summed E-state index contributed by atoms with van der Waals surface area (Å²) >= 11 is 3.36. The van der Waals surface area contributed by atoms with Gasteiger partial charge in [0.1, 0.15) is 5.78 Å². The Morgan fingerprint density at radius 2 is 1.87 bits per heavy atom. The van der Waals surface area contributed by atoms with Crippen LogP contribution in [0.3, 0.4) is 0 Å². The molecule has 15 heavy (non-hydrogen) atoms. The topological polar surface area (TPSA) is 43.1 Å². The third-order valence-corrected chi connectivity index (χ3v) is 3.07. The molecular formula is C12H16BrNO. The fourth-order valence-corrected chi connectivity index (χ4v) is 1.41. The van der Waals surface area contributed by atoms with Crippen molar-refractivity contribution in [3.63, 3.8) is 0 Å². The fraction of sp³-hybridized carbons (Fsp3) is 0.417. The Balaban J connectivity index is 2.71. The molecule has 0 unspecified atom stereocenters. The zero-order valence-electron chi connectivity index (χ0n) is 9.09. The largest absolute Gasteiger partial charge is 0.329 e. The molecule has 2 N–H and O–H groups in total. The maximum Gasteiger partial charge on any atom is 0.144 e. The van der Waals surface area contributed by atoms with Crippen molar-refractivity contribution in [2.45, 2.75) is 20.3 Å². The minimum atomic E-state index is -0.424. The highest BCUT2D eigenvalue weighted by Crippen LogP contribution is 2.18. The number of carbonyl (C=O) groups excluding carboxylic acids is 1. The molecule has 1 aromatic rings. The molecule has 1 rings (SSSR count). The van der Waals surface area contributed by atoms with Gasteiger partial charge in [-0.1, -0.05) is 41.9 Å². The van der Waals surface area contributed by atoms with Crippen LogP contribution in [0.25, 0.3) is 0 Å². The number of ketones is 1. The third kappa shape index (κ3) is 3.43. The van der Waals surface area contributed by atoms with Crippen molar-refractivity contribution in [2.24, 2.45) is 11.1 Å². The molecule has 0 aliphatic carbocycles. The third-order valence-electron chi connectivity index (χ3n) is 2.54. The average molecular weight is 270 g/mol. The quantitative estimate of drug-likeness (QED) is 0.913. The van der Waals surface area contributed by atoms with E-state index in [2.05, 4.69) is 15.9 Å². The number of benzene rings is 1. The molecule has 0 radical (unpaired) electrons. The van der Waals surface area contributed by atoms with E-state index in [-0.39, 0.29) is 5.78 Å². The molecule has 0 heterocycles. The van der Waals surface area contributed by atoms with Gasteiger partial charge >= 0.3 is 0 Å². The fourth-order valence-electron chi connectivity index (χ4n) is 1.14. The van der Waals surface area contributed by atoms with Crippen LogP contribution in [0.1, 0.15) is 19.4 Å². The summed E-state index contributed by atoms with van der Waals surface area (Å²) in [6.45, 7) is 4.16. The summed E-state index contributed by atoms with van der Waals surface area (Å²) in [4.78, 5) is 11.9. The lowest BCUT2D eigenvalue weighted by atomic mass is 9.85. The van der Waals surface area contributed by atoms with Gasteiger partial charge < -0.3 is 5.73 Å². The minimum absolute atomic E-state index is 0.187. The highest BCUT2D eigenvalue weighted by atomic mass is 79.9. The Bertz CT molecular complexity index is 343. The van der Waals surface area contributed by atoms with E-state index >= 15 is 0 Å². The Morgan fingerprint density at radius 1 is 1.33 bits per heavy atom. The highest BCUT2D eigenvalue weighted by Gasteiger charge is 2.25. The molecule has 0 saturated carbocycles. The monoisotopic (exact) mass is 269 g/mol. The second kappa shape index (κ2) is 4.90. The Hall–Kier alpha value is -0.670. The Morgan fingerprint density at radius 3 is 2.33 bits per heavy atom. The molecule has 0 bridgehead atoms. The zero-order valence-corrected chi connectivity index (χ0v) is 10.7. The van der Waals surface area contributed by atoms with Crippen LogP contribution in [0.15, 0.2) is 28.7 Å². The molecule has 1 aromatic carbocycles. The van der Waals surface area contributed by atoms with Crippen LogP contribution in [0.5, 0.6) is 0 Å². The highest BCUT2D eigenvalue weighted by molar-refractivity contribution is 9.10. The van der Waals surface area contributed by atoms with Crippen molar-refractivity contribution in [2.75, 3.05) is 6.54 Å². The molecule has 0 aromatic heterocycles. The molecule has 0 saturated heterocycles. The van der Waals surface area contributed by atoms with Crippen molar-refractivity contribution in [1.82, 2.24) is 0 Å². The molecule has 0 spiro atoms. The summed E-state index contributed by atoms with van der Waals surface area (Å²) in [6, 6.07) is 7.79. The SMILES string of the molecule is CC(C)(CN)C(=O)Cc1ccc(Br)cc1. The first kappa shape index (κ1) is 12.4. The maximum absolute atomic E-state index is 11.9. The van der Waals surface area contributed by atoms with Crippen LogP contribution >= 0.6 is 15.9 Å². The Kier molecular flexibility index (Phi) is 4.05. The van der Waals surface area contributed by atoms with Gasteiger partial charge in [-0.15, -0.1) is 0 Å². The van der Waals surface area contributed by atoms with Crippen LogP contribution in [0.2, 0.25) is 0 Å². The zero-order chi connectivity index (χ0) is 11.5. The molecule has 0 aliphatic rings. The first-order valence-corrected chi connectivity index (χ1v) is 5.73. The number of hydrogen-bond donors (Lipinski definition) is 1. The summed E-state index contributed by atoms with van der Waals surface area (Å²) < 4.78 is 1.02. The smallest absolute Gasteiger partial charge is 0.144 e. The standard InChI is InChI=1S/C12H16BrNO/c1-12(2,8-14)11(15)7-9-3-5-10(13)6-4-9/h3-6H,7-8,14H2,1-2H3. The molecule has 0 amide bonds. The van der Waals surface area contributed by atoms with E-state index in [9.17, 15) is 4.79 Å². The van der Waals surface area contributed by atoms with Crippen molar-refractivity contribution in [3.05, 3.63) is 34.3 Å². The van der Waals surface area contributed by atoms with Gasteiger partial charge in [-0.25, -0.2) is 0 Å². The van der Waals surface area contributed by atoms with Crippen molar-refractivity contribution >= 4 is 21.7 Å². The number of nitrogens with two attached hydrogens (primary N) is 1. The molecule has 0 aliphatic heterocycles. The van der Waals surface area contributed by atoms with Crippen LogP contribution in [0.4, 0.5) is 0 Å². The number of halogens is 1. The summed E-state index contributed by atoms with van der Waals surface area (Å²) in [6.07, 6.45) is 0.456. The van der Waals surface area contributed by atoms with Crippen LogP contribution in [-0.2, 0) is 11.2 Å². The predicted molar refractivity (Wildman–Crippen MR) is 65.7 cm³/mol. The number of rotatable bonds is 4. The van der Waals surface area contributed by atoms with Gasteiger partial charge in [0.2, 0.25) is 0 Å². The first-order chi connectivity index (χ1) is 6.95. The molecule has 0 atom stereocenters. The van der Waals surface area contributed by atoms with Gasteiger partial charge in [0.15, 0.2) is 0 Å². The van der Waals surface area contributed by atoms with E-state index < -0.39 is 5.41 Å². The van der Waals surface area contributed by atoms with Gasteiger partial charge in [-0.3, -0.25) is 4.79 Å². The lowest BCUT2D eigenvalue weighted by Gasteiger charge is -2.20. The van der Waals surface area contributed by atoms with Crippen LogP contribution < -0.4 is 5.73 Å². The molecule has 82 valence electrons. The lowest BCUT2D eigenvalue weighted by molar-refractivity contribution is -0.125. The second-order valence-corrected chi connectivity index (χ2v) is 5.23. The van der Waals surface area contributed by atoms with Gasteiger partial charge in [-0.2, -0.15) is 0 Å². The van der Waals surface area contributed by atoms with Gasteiger partial charge in [0.05, 0.1) is 0 Å². The molecular weight excluding hydrogens is 254 g/mol. The van der Waals surface area contributed by atoms with Crippen LogP contribution in [0, 0.1) is 5.41 Å². The summed E-state index contributed by atoms with van der Waals surface area (Å²) in [5.74, 6) is 0.187. The van der Waals surface area contributed by atoms with E-state index in [0.29, 0.717) is 13.0 Å². The Labute approximate surface area is 99.0 Å². The molecule has 0 fully saturated rings. The first-order valence-electron chi connectivity index (χ1n) is 4.93. The summed E-state index contributed by atoms with van der Waals surface area (Å²) in [7, 11) is 0. The minimum Gasteiger partial charge on any atom is -0.329 e. The molecule has 2 nitrogen and oxygen atoms in total. The summed E-state index contributed by atoms with van der Waals surface area (Å²) in [5, 5.41) is 0. The van der Waals surface area contributed by atoms with Gasteiger partial charge in [-0.05, 0) is 17.7 Å². The molecule has 3 heteroatoms. The van der Waals surface area contributed by atoms with E-state index in [4.69, 9.17) is 5.73 Å². The van der Waals surface area contributed by atoms with E-state index in [1.807, 2.05) is 38.1 Å². The van der Waals surface area contributed by atoms with E-state index in [1.165, 1.54) is 0 Å². The average Bonchev–Trinajstić information content (AvgIpc) is 2.21. The number of hydrogen-bond acceptors (Lipinski definition) is 2. The van der Waals surface area contributed by atoms with Crippen molar-refractivity contribution in [3.8, 4) is 0 Å². The van der Waals surface area contributed by atoms with Crippen LogP contribution in [-0.4, -0.2) is 12.3 Å². The second-order valence-electron chi connectivity index (χ2n) is 4.31. The maximum atomic E-state index is 11.9. The lowest BCUT2D eigenvalue weighted by Crippen LogP contribution is -2.33. The van der Waals surface area contributed by atoms with Crippen molar-refractivity contribution < 1.29 is 4.79 Å².